The highest BCUT2D eigenvalue weighted by atomic mass is 16.1. The molecule has 0 radical (unpaired) electrons. The fourth-order valence-electron chi connectivity index (χ4n) is 3.26. The highest BCUT2D eigenvalue weighted by Crippen LogP contribution is 2.20. The Morgan fingerprint density at radius 1 is 1.00 bits per heavy atom. The number of benzene rings is 1. The molecule has 126 valence electrons. The van der Waals surface area contributed by atoms with Crippen LogP contribution >= 0.6 is 0 Å². The summed E-state index contributed by atoms with van der Waals surface area (Å²) in [6, 6.07) is 17.7. The molecule has 1 fully saturated rings. The predicted octanol–water partition coefficient (Wildman–Crippen LogP) is 2.44. The Bertz CT molecular complexity index is 886. The van der Waals surface area contributed by atoms with E-state index in [9.17, 15) is 4.79 Å². The van der Waals surface area contributed by atoms with E-state index in [-0.39, 0.29) is 5.56 Å². The first-order valence-electron chi connectivity index (χ1n) is 8.53. The zero-order valence-corrected chi connectivity index (χ0v) is 14.0. The third-order valence-corrected chi connectivity index (χ3v) is 4.54. The van der Waals surface area contributed by atoms with E-state index in [0.29, 0.717) is 12.5 Å². The first-order chi connectivity index (χ1) is 12.3. The third-order valence-electron chi connectivity index (χ3n) is 4.54. The van der Waals surface area contributed by atoms with E-state index < -0.39 is 0 Å². The second-order valence-corrected chi connectivity index (χ2v) is 6.53. The van der Waals surface area contributed by atoms with Gasteiger partial charge in [-0.2, -0.15) is 5.10 Å². The molecule has 0 amide bonds. The van der Waals surface area contributed by atoms with Crippen LogP contribution in [0.25, 0.3) is 11.3 Å². The third kappa shape index (κ3) is 3.67. The molecule has 0 N–H and O–H groups in total. The number of hydrogen-bond acceptors (Lipinski definition) is 4. The van der Waals surface area contributed by atoms with Gasteiger partial charge in [0.1, 0.15) is 0 Å². The second-order valence-electron chi connectivity index (χ2n) is 6.53. The number of hydrogen-bond donors (Lipinski definition) is 0. The summed E-state index contributed by atoms with van der Waals surface area (Å²) in [5.41, 5.74) is 2.99. The number of likely N-dealkylation sites (tertiary alicyclic amines) is 1. The minimum absolute atomic E-state index is 0.0471. The molecule has 3 aromatic rings. The van der Waals surface area contributed by atoms with Gasteiger partial charge in [0.25, 0.3) is 5.56 Å². The van der Waals surface area contributed by atoms with Crippen molar-refractivity contribution in [2.24, 2.45) is 5.92 Å². The maximum absolute atomic E-state index is 12.1. The van der Waals surface area contributed by atoms with Crippen molar-refractivity contribution in [1.82, 2.24) is 19.7 Å². The smallest absolute Gasteiger partial charge is 0.266 e. The standard InChI is InChI=1S/C20H20N4O/c25-20-9-8-19(18-7-4-10-21-11-18)22-24(20)15-17-13-23(14-17)12-16-5-2-1-3-6-16/h1-11,17H,12-15H2. The Morgan fingerprint density at radius 3 is 2.60 bits per heavy atom. The van der Waals surface area contributed by atoms with E-state index in [0.717, 1.165) is 30.9 Å². The molecule has 5 nitrogen and oxygen atoms in total. The van der Waals surface area contributed by atoms with Crippen molar-refractivity contribution in [3.05, 3.63) is 82.9 Å². The van der Waals surface area contributed by atoms with Crippen LogP contribution in [0.3, 0.4) is 0 Å². The predicted molar refractivity (Wildman–Crippen MR) is 96.9 cm³/mol. The summed E-state index contributed by atoms with van der Waals surface area (Å²) in [5.74, 6) is 0.470. The normalized spacial score (nSPS) is 15.0. The van der Waals surface area contributed by atoms with Crippen LogP contribution < -0.4 is 5.56 Å². The average Bonchev–Trinajstić information content (AvgIpc) is 2.63. The molecule has 5 heteroatoms. The molecule has 0 saturated carbocycles. The van der Waals surface area contributed by atoms with Crippen LogP contribution in [0, 0.1) is 5.92 Å². The fraction of sp³-hybridized carbons (Fsp3) is 0.250. The lowest BCUT2D eigenvalue weighted by atomic mass is 9.99. The van der Waals surface area contributed by atoms with Gasteiger partial charge in [-0.3, -0.25) is 14.7 Å². The minimum Gasteiger partial charge on any atom is -0.298 e. The van der Waals surface area contributed by atoms with Crippen molar-refractivity contribution in [2.45, 2.75) is 13.1 Å². The first kappa shape index (κ1) is 15.7. The molecule has 3 heterocycles. The van der Waals surface area contributed by atoms with Gasteiger partial charge in [-0.25, -0.2) is 4.68 Å². The SMILES string of the molecule is O=c1ccc(-c2cccnc2)nn1CC1CN(Cc2ccccc2)C1. The molecule has 0 bridgehead atoms. The Morgan fingerprint density at radius 2 is 1.84 bits per heavy atom. The van der Waals surface area contributed by atoms with Crippen LogP contribution in [-0.4, -0.2) is 32.8 Å². The molecule has 1 aliphatic rings. The number of nitrogens with zero attached hydrogens (tertiary/aromatic N) is 4. The van der Waals surface area contributed by atoms with Gasteiger partial charge in [-0.1, -0.05) is 30.3 Å². The highest BCUT2D eigenvalue weighted by Gasteiger charge is 2.27. The van der Waals surface area contributed by atoms with E-state index in [4.69, 9.17) is 0 Å². The van der Waals surface area contributed by atoms with Gasteiger partial charge in [-0.15, -0.1) is 0 Å². The maximum Gasteiger partial charge on any atom is 0.266 e. The molecule has 4 rings (SSSR count). The second kappa shape index (κ2) is 6.99. The lowest BCUT2D eigenvalue weighted by Gasteiger charge is -2.39. The van der Waals surface area contributed by atoms with Crippen molar-refractivity contribution in [2.75, 3.05) is 13.1 Å². The number of rotatable bonds is 5. The molecule has 0 aliphatic carbocycles. The van der Waals surface area contributed by atoms with Crippen LogP contribution in [0.2, 0.25) is 0 Å². The summed E-state index contributed by atoms with van der Waals surface area (Å²) in [7, 11) is 0. The molecule has 1 saturated heterocycles. The van der Waals surface area contributed by atoms with E-state index in [1.54, 1.807) is 29.2 Å². The van der Waals surface area contributed by atoms with Gasteiger partial charge >= 0.3 is 0 Å². The lowest BCUT2D eigenvalue weighted by Crippen LogP contribution is -2.48. The Hall–Kier alpha value is -2.79. The number of pyridine rings is 1. The fourth-order valence-corrected chi connectivity index (χ4v) is 3.26. The van der Waals surface area contributed by atoms with E-state index in [2.05, 4.69) is 39.2 Å². The van der Waals surface area contributed by atoms with Gasteiger partial charge in [0.05, 0.1) is 12.2 Å². The van der Waals surface area contributed by atoms with Gasteiger partial charge in [0.15, 0.2) is 0 Å². The number of aromatic nitrogens is 3. The molecule has 0 atom stereocenters. The van der Waals surface area contributed by atoms with Crippen molar-refractivity contribution >= 4 is 0 Å². The summed E-state index contributed by atoms with van der Waals surface area (Å²) in [6.07, 6.45) is 3.50. The molecule has 2 aromatic heterocycles. The molecular weight excluding hydrogens is 312 g/mol. The van der Waals surface area contributed by atoms with E-state index in [1.165, 1.54) is 5.56 Å². The van der Waals surface area contributed by atoms with Gasteiger partial charge in [0.2, 0.25) is 0 Å². The van der Waals surface area contributed by atoms with Crippen molar-refractivity contribution in [3.8, 4) is 11.3 Å². The highest BCUT2D eigenvalue weighted by molar-refractivity contribution is 5.56. The summed E-state index contributed by atoms with van der Waals surface area (Å²) >= 11 is 0. The van der Waals surface area contributed by atoms with Crippen LogP contribution in [0.5, 0.6) is 0 Å². The Balaban J connectivity index is 1.40. The topological polar surface area (TPSA) is 51.0 Å². The van der Waals surface area contributed by atoms with Crippen molar-refractivity contribution in [3.63, 3.8) is 0 Å². The van der Waals surface area contributed by atoms with Crippen LogP contribution in [0.4, 0.5) is 0 Å². The Labute approximate surface area is 146 Å². The summed E-state index contributed by atoms with van der Waals surface area (Å²) in [5, 5.41) is 4.52. The quantitative estimate of drug-likeness (QED) is 0.720. The monoisotopic (exact) mass is 332 g/mol. The molecule has 1 aliphatic heterocycles. The van der Waals surface area contributed by atoms with Crippen molar-refractivity contribution < 1.29 is 0 Å². The molecular formula is C20H20N4O. The zero-order valence-electron chi connectivity index (χ0n) is 14.0. The van der Waals surface area contributed by atoms with E-state index in [1.807, 2.05) is 18.2 Å². The Kier molecular flexibility index (Phi) is 4.39. The minimum atomic E-state index is -0.0471. The molecule has 1 aromatic carbocycles. The molecule has 0 unspecified atom stereocenters. The molecule has 25 heavy (non-hydrogen) atoms. The summed E-state index contributed by atoms with van der Waals surface area (Å²) in [4.78, 5) is 18.6. The van der Waals surface area contributed by atoms with Gasteiger partial charge in [-0.05, 0) is 23.8 Å². The van der Waals surface area contributed by atoms with Crippen LogP contribution in [0.1, 0.15) is 5.56 Å². The van der Waals surface area contributed by atoms with Gasteiger partial charge < -0.3 is 0 Å². The lowest BCUT2D eigenvalue weighted by molar-refractivity contribution is 0.0767. The maximum atomic E-state index is 12.1. The van der Waals surface area contributed by atoms with Crippen LogP contribution in [-0.2, 0) is 13.1 Å². The van der Waals surface area contributed by atoms with Crippen LogP contribution in [0.15, 0.2) is 71.8 Å². The van der Waals surface area contributed by atoms with Gasteiger partial charge in [0, 0.05) is 49.6 Å². The largest absolute Gasteiger partial charge is 0.298 e. The van der Waals surface area contributed by atoms with E-state index >= 15 is 0 Å². The first-order valence-corrected chi connectivity index (χ1v) is 8.53. The molecule has 0 spiro atoms. The zero-order chi connectivity index (χ0) is 17.1. The summed E-state index contributed by atoms with van der Waals surface area (Å²) < 4.78 is 1.59. The average molecular weight is 332 g/mol. The summed E-state index contributed by atoms with van der Waals surface area (Å²) in [6.45, 7) is 3.63. The van der Waals surface area contributed by atoms with Crippen molar-refractivity contribution in [1.29, 1.82) is 0 Å².